The largest absolute Gasteiger partial charge is 0.492 e. The van der Waals surface area contributed by atoms with E-state index in [9.17, 15) is 19.2 Å². The molecule has 0 bridgehead atoms. The van der Waals surface area contributed by atoms with E-state index in [-0.39, 0.29) is 36.8 Å². The number of thiol groups is 1. The summed E-state index contributed by atoms with van der Waals surface area (Å²) in [6.07, 6.45) is 12.0. The summed E-state index contributed by atoms with van der Waals surface area (Å²) in [4.78, 5) is 47.3. The molecule has 1 aromatic carbocycles. The second-order valence-corrected chi connectivity index (χ2v) is 8.03. The molecule has 0 radical (unpaired) electrons. The average molecular weight is 474 g/mol. The van der Waals surface area contributed by atoms with E-state index in [1.165, 1.54) is 54.9 Å². The zero-order valence-electron chi connectivity index (χ0n) is 18.7. The fraction of sp³-hybridized carbons (Fsp3) is 0.417. The van der Waals surface area contributed by atoms with Gasteiger partial charge in [-0.25, -0.2) is 0 Å². The lowest BCUT2D eigenvalue weighted by atomic mass is 10.1. The molecule has 9 heteroatoms. The normalized spacial score (nSPS) is 14.8. The maximum absolute atomic E-state index is 11.2. The minimum absolute atomic E-state index is 0.167. The van der Waals surface area contributed by atoms with E-state index in [1.54, 1.807) is 24.3 Å². The van der Waals surface area contributed by atoms with Gasteiger partial charge < -0.3 is 10.5 Å². The molecule has 0 saturated carbocycles. The zero-order chi connectivity index (χ0) is 24.1. The monoisotopic (exact) mass is 473 g/mol. The van der Waals surface area contributed by atoms with Crippen LogP contribution in [0.5, 0.6) is 5.75 Å². The van der Waals surface area contributed by atoms with Crippen LogP contribution in [0.2, 0.25) is 0 Å². The third-order valence-electron chi connectivity index (χ3n) is 5.05. The van der Waals surface area contributed by atoms with Crippen molar-refractivity contribution in [2.75, 3.05) is 31.2 Å². The molecule has 0 unspecified atom stereocenters. The molecule has 0 saturated heterocycles. The van der Waals surface area contributed by atoms with E-state index in [0.717, 1.165) is 23.5 Å². The number of unbranched alkanes of at least 4 members (excludes halogenated alkanes) is 5. The SMILES string of the molecule is Nc1ccc(OCCN2C(=O)C=CC2=O)cc1.O=C1C=CC(=O)N1CCCCCCCCS. The van der Waals surface area contributed by atoms with E-state index in [4.69, 9.17) is 10.5 Å². The van der Waals surface area contributed by atoms with Crippen LogP contribution in [0.15, 0.2) is 48.6 Å². The first-order valence-electron chi connectivity index (χ1n) is 11.1. The van der Waals surface area contributed by atoms with Gasteiger partial charge in [0.25, 0.3) is 23.6 Å². The molecule has 33 heavy (non-hydrogen) atoms. The molecule has 0 fully saturated rings. The maximum atomic E-state index is 11.2. The fourth-order valence-electron chi connectivity index (χ4n) is 3.21. The van der Waals surface area contributed by atoms with Crippen molar-refractivity contribution in [3.05, 3.63) is 48.6 Å². The number of carbonyl (C=O) groups is 4. The predicted octanol–water partition coefficient (Wildman–Crippen LogP) is 2.75. The molecule has 0 atom stereocenters. The number of imide groups is 2. The van der Waals surface area contributed by atoms with E-state index in [0.29, 0.717) is 18.0 Å². The van der Waals surface area contributed by atoms with Crippen molar-refractivity contribution in [2.24, 2.45) is 0 Å². The number of nitrogens with two attached hydrogens (primary N) is 1. The summed E-state index contributed by atoms with van der Waals surface area (Å²) in [5, 5.41) is 0. The highest BCUT2D eigenvalue weighted by molar-refractivity contribution is 7.80. The van der Waals surface area contributed by atoms with Gasteiger partial charge in [-0.05, 0) is 42.9 Å². The highest BCUT2D eigenvalue weighted by Crippen LogP contribution is 2.13. The highest BCUT2D eigenvalue weighted by atomic mass is 32.1. The maximum Gasteiger partial charge on any atom is 0.253 e. The number of hydrogen-bond acceptors (Lipinski definition) is 7. The molecule has 4 amide bonds. The van der Waals surface area contributed by atoms with Crippen molar-refractivity contribution in [2.45, 2.75) is 38.5 Å². The molecule has 2 aliphatic heterocycles. The smallest absolute Gasteiger partial charge is 0.253 e. The number of anilines is 1. The fourth-order valence-corrected chi connectivity index (χ4v) is 3.43. The number of hydrogen-bond donors (Lipinski definition) is 2. The standard InChI is InChI=1S/C12H12N2O3.C12H19NO2S/c13-9-1-3-10(4-2-9)17-8-7-14-11(15)5-6-12(14)16;14-11-7-8-12(15)13(11)9-5-3-1-2-4-6-10-16/h1-6H,7-8,13H2;7-8,16H,1-6,9-10H2. The van der Waals surface area contributed by atoms with Crippen LogP contribution in [0.3, 0.4) is 0 Å². The van der Waals surface area contributed by atoms with Gasteiger partial charge in [-0.1, -0.05) is 25.7 Å². The van der Waals surface area contributed by atoms with Crippen LogP contribution in [-0.2, 0) is 19.2 Å². The Labute approximate surface area is 199 Å². The topological polar surface area (TPSA) is 110 Å². The lowest BCUT2D eigenvalue weighted by Crippen LogP contribution is -2.33. The first kappa shape index (κ1) is 26.2. The van der Waals surface area contributed by atoms with E-state index in [1.807, 2.05) is 0 Å². The first-order valence-corrected chi connectivity index (χ1v) is 11.7. The molecular formula is C24H31N3O5S. The quantitative estimate of drug-likeness (QED) is 0.209. The van der Waals surface area contributed by atoms with Crippen LogP contribution in [-0.4, -0.2) is 58.9 Å². The van der Waals surface area contributed by atoms with Crippen molar-refractivity contribution in [3.63, 3.8) is 0 Å². The van der Waals surface area contributed by atoms with Crippen molar-refractivity contribution in [1.82, 2.24) is 9.80 Å². The van der Waals surface area contributed by atoms with Gasteiger partial charge in [0.05, 0.1) is 6.54 Å². The molecule has 8 nitrogen and oxygen atoms in total. The Morgan fingerprint density at radius 3 is 1.64 bits per heavy atom. The number of carbonyl (C=O) groups excluding carboxylic acids is 4. The average Bonchev–Trinajstić information content (AvgIpc) is 3.30. The molecule has 2 aliphatic rings. The predicted molar refractivity (Wildman–Crippen MR) is 130 cm³/mol. The summed E-state index contributed by atoms with van der Waals surface area (Å²) in [6.45, 7) is 1.08. The Morgan fingerprint density at radius 1 is 0.667 bits per heavy atom. The van der Waals surface area contributed by atoms with Crippen LogP contribution >= 0.6 is 12.6 Å². The summed E-state index contributed by atoms with van der Waals surface area (Å²) in [6, 6.07) is 6.93. The number of amides is 4. The summed E-state index contributed by atoms with van der Waals surface area (Å²) < 4.78 is 5.39. The van der Waals surface area contributed by atoms with Gasteiger partial charge in [0, 0.05) is 36.5 Å². The molecule has 2 heterocycles. The summed E-state index contributed by atoms with van der Waals surface area (Å²) in [5.74, 6) is 0.695. The molecule has 0 aromatic heterocycles. The van der Waals surface area contributed by atoms with Crippen LogP contribution < -0.4 is 10.5 Å². The van der Waals surface area contributed by atoms with Crippen molar-refractivity contribution >= 4 is 41.9 Å². The van der Waals surface area contributed by atoms with Crippen LogP contribution in [0.1, 0.15) is 38.5 Å². The van der Waals surface area contributed by atoms with Crippen LogP contribution in [0.4, 0.5) is 5.69 Å². The number of benzene rings is 1. The molecule has 0 aliphatic carbocycles. The van der Waals surface area contributed by atoms with Gasteiger partial charge in [-0.15, -0.1) is 0 Å². The summed E-state index contributed by atoms with van der Waals surface area (Å²) in [7, 11) is 0. The van der Waals surface area contributed by atoms with Crippen molar-refractivity contribution in [3.8, 4) is 5.75 Å². The Hall–Kier alpha value is -3.07. The van der Waals surface area contributed by atoms with Crippen LogP contribution in [0, 0.1) is 0 Å². The van der Waals surface area contributed by atoms with Gasteiger partial charge in [0.1, 0.15) is 12.4 Å². The van der Waals surface area contributed by atoms with Crippen molar-refractivity contribution in [1.29, 1.82) is 0 Å². The molecule has 0 spiro atoms. The number of rotatable bonds is 12. The Bertz CT molecular complexity index is 847. The van der Waals surface area contributed by atoms with Gasteiger partial charge in [0.2, 0.25) is 0 Å². The Morgan fingerprint density at radius 2 is 1.12 bits per heavy atom. The van der Waals surface area contributed by atoms with Crippen LogP contribution in [0.25, 0.3) is 0 Å². The zero-order valence-corrected chi connectivity index (χ0v) is 19.5. The minimum atomic E-state index is -0.295. The minimum Gasteiger partial charge on any atom is -0.492 e. The summed E-state index contributed by atoms with van der Waals surface area (Å²) >= 11 is 4.15. The second-order valence-electron chi connectivity index (χ2n) is 7.59. The van der Waals surface area contributed by atoms with E-state index >= 15 is 0 Å². The number of nitrogens with zero attached hydrogens (tertiary/aromatic N) is 2. The van der Waals surface area contributed by atoms with E-state index < -0.39 is 0 Å². The molecule has 178 valence electrons. The number of ether oxygens (including phenoxy) is 1. The molecular weight excluding hydrogens is 442 g/mol. The highest BCUT2D eigenvalue weighted by Gasteiger charge is 2.23. The number of nitrogen functional groups attached to an aromatic ring is 1. The second kappa shape index (κ2) is 14.2. The lowest BCUT2D eigenvalue weighted by molar-refractivity contribution is -0.138. The first-order chi connectivity index (χ1) is 15.9. The van der Waals surface area contributed by atoms with Crippen molar-refractivity contribution < 1.29 is 23.9 Å². The van der Waals surface area contributed by atoms with Gasteiger partial charge >= 0.3 is 0 Å². The molecule has 3 rings (SSSR count). The van der Waals surface area contributed by atoms with E-state index in [2.05, 4.69) is 12.6 Å². The molecule has 1 aromatic rings. The third-order valence-corrected chi connectivity index (χ3v) is 5.37. The Balaban J connectivity index is 0.000000234. The Kier molecular flexibility index (Phi) is 11.2. The van der Waals surface area contributed by atoms with Gasteiger partial charge in [-0.3, -0.25) is 29.0 Å². The van der Waals surface area contributed by atoms with Gasteiger partial charge in [0.15, 0.2) is 0 Å². The third kappa shape index (κ3) is 9.13. The van der Waals surface area contributed by atoms with Gasteiger partial charge in [-0.2, -0.15) is 12.6 Å². The summed E-state index contributed by atoms with van der Waals surface area (Å²) in [5.41, 5.74) is 6.19. The lowest BCUT2D eigenvalue weighted by Gasteiger charge is -2.14. The molecule has 2 N–H and O–H groups in total.